The van der Waals surface area contributed by atoms with Gasteiger partial charge in [-0.05, 0) is 72.6 Å². The van der Waals surface area contributed by atoms with Crippen LogP contribution in [0.4, 0.5) is 11.4 Å². The van der Waals surface area contributed by atoms with Crippen LogP contribution in [-0.4, -0.2) is 90.8 Å². The molecule has 2 amide bonds. The summed E-state index contributed by atoms with van der Waals surface area (Å²) in [5.41, 5.74) is 12.4. The van der Waals surface area contributed by atoms with Gasteiger partial charge in [0.1, 0.15) is 0 Å². The molecule has 0 fully saturated rings. The summed E-state index contributed by atoms with van der Waals surface area (Å²) in [6.45, 7) is 6.73. The number of amides is 2. The zero-order valence-corrected chi connectivity index (χ0v) is 35.1. The summed E-state index contributed by atoms with van der Waals surface area (Å²) in [5, 5.41) is 9.61. The van der Waals surface area contributed by atoms with E-state index in [-0.39, 0.29) is 30.5 Å². The number of rotatable bonds is 16. The van der Waals surface area contributed by atoms with Crippen molar-refractivity contribution in [3.8, 4) is 23.0 Å². The molecule has 0 saturated heterocycles. The molecule has 2 aromatic carbocycles. The number of hydrogen-bond acceptors (Lipinski definition) is 10. The molecule has 314 valence electrons. The molecule has 3 atom stereocenters. The monoisotopic (exact) mass is 813 g/mol. The second-order valence-corrected chi connectivity index (χ2v) is 15.6. The molecule has 2 aromatic rings. The first-order valence-electron chi connectivity index (χ1n) is 20.8. The third-order valence-electron chi connectivity index (χ3n) is 11.4. The number of carbonyl (C=O) groups excluding carboxylic acids is 2. The fraction of sp³-hybridized carbons (Fsp3) is 0.375. The molecule has 0 saturated carbocycles. The van der Waals surface area contributed by atoms with Gasteiger partial charge in [0.2, 0.25) is 0 Å². The van der Waals surface area contributed by atoms with E-state index in [0.717, 1.165) is 40.7 Å². The molecule has 0 spiro atoms. The third-order valence-corrected chi connectivity index (χ3v) is 11.4. The summed E-state index contributed by atoms with van der Waals surface area (Å²) in [4.78, 5) is 41.2. The number of aliphatic hydroxyl groups excluding tert-OH is 1. The van der Waals surface area contributed by atoms with Gasteiger partial charge in [0.05, 0.1) is 68.1 Å². The quantitative estimate of drug-likeness (QED) is 0.127. The number of nitrogens with two attached hydrogens (primary N) is 1. The fourth-order valence-electron chi connectivity index (χ4n) is 8.05. The lowest BCUT2D eigenvalue weighted by molar-refractivity contribution is 0.0745. The van der Waals surface area contributed by atoms with Gasteiger partial charge in [-0.25, -0.2) is 0 Å². The van der Waals surface area contributed by atoms with Crippen LogP contribution in [0.2, 0.25) is 0 Å². The van der Waals surface area contributed by atoms with Crippen molar-refractivity contribution in [2.45, 2.75) is 83.3 Å². The van der Waals surface area contributed by atoms with Crippen LogP contribution in [0.15, 0.2) is 117 Å². The van der Waals surface area contributed by atoms with Gasteiger partial charge >= 0.3 is 0 Å². The van der Waals surface area contributed by atoms with Crippen molar-refractivity contribution in [2.75, 3.05) is 34.0 Å². The zero-order chi connectivity index (χ0) is 42.4. The first-order chi connectivity index (χ1) is 29.1. The van der Waals surface area contributed by atoms with Gasteiger partial charge < -0.3 is 39.6 Å². The molecule has 60 heavy (non-hydrogen) atoms. The van der Waals surface area contributed by atoms with E-state index in [1.165, 1.54) is 0 Å². The normalized spacial score (nSPS) is 21.2. The Morgan fingerprint density at radius 3 is 2.30 bits per heavy atom. The van der Waals surface area contributed by atoms with E-state index < -0.39 is 5.54 Å². The number of allylic oxidation sites excluding steroid dienone is 7. The Morgan fingerprint density at radius 2 is 1.65 bits per heavy atom. The highest BCUT2D eigenvalue weighted by atomic mass is 16.5. The molecule has 0 radical (unpaired) electrons. The molecule has 0 aromatic heterocycles. The maximum Gasteiger partial charge on any atom is 0.260 e. The van der Waals surface area contributed by atoms with E-state index in [1.54, 1.807) is 48.3 Å². The Labute approximate surface area is 352 Å². The smallest absolute Gasteiger partial charge is 0.260 e. The summed E-state index contributed by atoms with van der Waals surface area (Å²) in [6.07, 6.45) is 26.8. The molecule has 4 heterocycles. The minimum atomic E-state index is -0.616. The van der Waals surface area contributed by atoms with E-state index in [2.05, 4.69) is 38.2 Å². The molecule has 0 bridgehead atoms. The molecule has 4 aliphatic heterocycles. The number of benzene rings is 2. The predicted octanol–water partition coefficient (Wildman–Crippen LogP) is 8.40. The van der Waals surface area contributed by atoms with Gasteiger partial charge in [0, 0.05) is 62.3 Å². The van der Waals surface area contributed by atoms with Crippen LogP contribution in [0.3, 0.4) is 0 Å². The van der Waals surface area contributed by atoms with E-state index >= 15 is 0 Å². The highest BCUT2D eigenvalue weighted by Crippen LogP contribution is 2.45. The number of fused-ring (bicyclic) bond motifs is 4. The lowest BCUT2D eigenvalue weighted by Gasteiger charge is -2.32. The number of nitrogens with zero attached hydrogens (tertiary/aromatic N) is 4. The van der Waals surface area contributed by atoms with Gasteiger partial charge in [-0.2, -0.15) is 0 Å². The maximum atomic E-state index is 14.2. The topological polar surface area (TPSA) is 149 Å². The standard InChI is InChI=1S/C48H55N5O7/c1-6-11-33(14-8-12-31(3)49)35-20-37-26-50-40-23-44(42(57-4)21-38(40)46(55)52(37)27-35)59-18-10-19-60-45-24-41-39(22-43(45)58-5)47(56)53-28-36(25-48(53,7-2)30-51-41)34-15-9-13-32(29-54)16-17-34/h8,11,13-17,21-24,26-28,30-31,37,54H,6-7,9-10,12,18-20,25,29,49H2,1-5H3/b14-8-,33-11-/t31?,37?,48-/m0/s1. The Kier molecular flexibility index (Phi) is 13.0. The lowest BCUT2D eigenvalue weighted by atomic mass is 9.89. The second-order valence-electron chi connectivity index (χ2n) is 15.6. The molecule has 12 heteroatoms. The SMILES string of the molecule is CC/C=C(/C=C\CC(C)N)C1=CN2C(=O)c3cc(OC)c(OCCCOc4cc5c(cc4OC)C(=O)N4C=C(C6=CCC=C(CO)C=C6)C[C@@]4(CC)C=N5)cc3N=CC2C1. The van der Waals surface area contributed by atoms with E-state index in [1.807, 2.05) is 50.0 Å². The van der Waals surface area contributed by atoms with Gasteiger partial charge in [0.15, 0.2) is 23.0 Å². The van der Waals surface area contributed by atoms with E-state index in [4.69, 9.17) is 34.7 Å². The number of aliphatic hydroxyl groups is 1. The maximum absolute atomic E-state index is 14.2. The molecule has 3 N–H and O–H groups in total. The second kappa shape index (κ2) is 18.5. The van der Waals surface area contributed by atoms with Crippen molar-refractivity contribution in [2.24, 2.45) is 15.7 Å². The lowest BCUT2D eigenvalue weighted by Crippen LogP contribution is -2.46. The van der Waals surface area contributed by atoms with Crippen molar-refractivity contribution >= 4 is 35.6 Å². The predicted molar refractivity (Wildman–Crippen MR) is 235 cm³/mol. The van der Waals surface area contributed by atoms with Crippen LogP contribution >= 0.6 is 0 Å². The molecular weight excluding hydrogens is 759 g/mol. The Hall–Kier alpha value is -5.98. The van der Waals surface area contributed by atoms with Crippen LogP contribution < -0.4 is 24.7 Å². The van der Waals surface area contributed by atoms with Crippen molar-refractivity contribution in [3.05, 3.63) is 118 Å². The summed E-state index contributed by atoms with van der Waals surface area (Å²) in [7, 11) is 3.10. The van der Waals surface area contributed by atoms with Crippen molar-refractivity contribution in [3.63, 3.8) is 0 Å². The third kappa shape index (κ3) is 8.66. The van der Waals surface area contributed by atoms with Crippen LogP contribution in [0.5, 0.6) is 23.0 Å². The summed E-state index contributed by atoms with van der Waals surface area (Å²) in [5.74, 6) is 1.50. The molecular formula is C48H55N5O7. The number of hydrogen-bond donors (Lipinski definition) is 2. The minimum absolute atomic E-state index is 0.0117. The molecule has 5 aliphatic rings. The highest BCUT2D eigenvalue weighted by Gasteiger charge is 2.44. The molecule has 2 unspecified atom stereocenters. The van der Waals surface area contributed by atoms with Gasteiger partial charge in [-0.15, -0.1) is 0 Å². The van der Waals surface area contributed by atoms with E-state index in [0.29, 0.717) is 90.8 Å². The Bertz CT molecular complexity index is 2290. The van der Waals surface area contributed by atoms with Gasteiger partial charge in [-0.3, -0.25) is 19.6 Å². The van der Waals surface area contributed by atoms with Crippen molar-refractivity contribution in [1.29, 1.82) is 0 Å². The Morgan fingerprint density at radius 1 is 0.950 bits per heavy atom. The summed E-state index contributed by atoms with van der Waals surface area (Å²) in [6, 6.07) is 6.78. The van der Waals surface area contributed by atoms with Crippen LogP contribution in [0.1, 0.15) is 86.4 Å². The largest absolute Gasteiger partial charge is 0.493 e. The first kappa shape index (κ1) is 42.2. The number of methoxy groups -OCH3 is 2. The van der Waals surface area contributed by atoms with Crippen LogP contribution in [0.25, 0.3) is 0 Å². The molecule has 1 aliphatic carbocycles. The van der Waals surface area contributed by atoms with Crippen molar-refractivity contribution in [1.82, 2.24) is 9.80 Å². The van der Waals surface area contributed by atoms with Crippen molar-refractivity contribution < 1.29 is 33.6 Å². The molecule has 12 nitrogen and oxygen atoms in total. The average molecular weight is 814 g/mol. The number of aliphatic imine (C=N–C) groups is 2. The minimum Gasteiger partial charge on any atom is -0.493 e. The van der Waals surface area contributed by atoms with Crippen LogP contribution in [0, 0.1) is 0 Å². The number of carbonyl (C=O) groups is 2. The summed E-state index contributed by atoms with van der Waals surface area (Å²) >= 11 is 0. The zero-order valence-electron chi connectivity index (χ0n) is 35.1. The summed E-state index contributed by atoms with van der Waals surface area (Å²) < 4.78 is 23.8. The highest BCUT2D eigenvalue weighted by molar-refractivity contribution is 6.06. The number of ether oxygens (including phenoxy) is 4. The first-order valence-corrected chi connectivity index (χ1v) is 20.8. The van der Waals surface area contributed by atoms with Gasteiger partial charge in [-0.1, -0.05) is 56.4 Å². The molecule has 7 rings (SSSR count). The Balaban J connectivity index is 1.00. The fourth-order valence-corrected chi connectivity index (χ4v) is 8.05. The van der Waals surface area contributed by atoms with Crippen LogP contribution in [-0.2, 0) is 0 Å². The van der Waals surface area contributed by atoms with E-state index in [9.17, 15) is 14.7 Å². The average Bonchev–Trinajstić information content (AvgIpc) is 3.70. The van der Waals surface area contributed by atoms with Gasteiger partial charge in [0.25, 0.3) is 11.8 Å².